The molecule has 0 aliphatic heterocycles. The second-order valence-electron chi connectivity index (χ2n) is 4.88. The largest absolute Gasteiger partial charge is 0.330 e. The third kappa shape index (κ3) is 3.22. The molecule has 0 bridgehead atoms. The fourth-order valence-electron chi connectivity index (χ4n) is 2.33. The van der Waals surface area contributed by atoms with Crippen LogP contribution in [0.4, 0.5) is 5.69 Å². The first-order valence-electron chi connectivity index (χ1n) is 6.59. The second-order valence-corrected chi connectivity index (χ2v) is 5.29. The lowest BCUT2D eigenvalue weighted by Gasteiger charge is -2.07. The molecular weight excluding hydrogens is 292 g/mol. The predicted molar refractivity (Wildman–Crippen MR) is 81.7 cm³/mol. The van der Waals surface area contributed by atoms with E-state index in [2.05, 4.69) is 5.10 Å². The highest BCUT2D eigenvalue weighted by atomic mass is 35.5. The molecule has 0 amide bonds. The number of non-ortho nitro benzene ring substituents is 1. The van der Waals surface area contributed by atoms with Crippen LogP contribution in [0.2, 0.25) is 5.02 Å². The summed E-state index contributed by atoms with van der Waals surface area (Å²) < 4.78 is 1.85. The van der Waals surface area contributed by atoms with E-state index in [4.69, 9.17) is 17.3 Å². The maximum atomic E-state index is 10.7. The van der Waals surface area contributed by atoms with Gasteiger partial charge in [0.2, 0.25) is 0 Å². The van der Waals surface area contributed by atoms with Gasteiger partial charge in [-0.25, -0.2) is 0 Å². The minimum Gasteiger partial charge on any atom is -0.330 e. The Morgan fingerprint density at radius 3 is 2.71 bits per heavy atom. The Bertz CT molecular complexity index is 682. The summed E-state index contributed by atoms with van der Waals surface area (Å²) in [6.45, 7) is 5.00. The fraction of sp³-hybridized carbons (Fsp3) is 0.357. The predicted octanol–water partition coefficient (Wildman–Crippen LogP) is 2.61. The lowest BCUT2D eigenvalue weighted by Crippen LogP contribution is -2.07. The van der Waals surface area contributed by atoms with Crippen molar-refractivity contribution < 1.29 is 4.92 Å². The monoisotopic (exact) mass is 308 g/mol. The maximum Gasteiger partial charge on any atom is 0.270 e. The van der Waals surface area contributed by atoms with Crippen molar-refractivity contribution in [2.45, 2.75) is 26.8 Å². The summed E-state index contributed by atoms with van der Waals surface area (Å²) in [6, 6.07) is 4.48. The van der Waals surface area contributed by atoms with Crippen molar-refractivity contribution in [3.63, 3.8) is 0 Å². The van der Waals surface area contributed by atoms with Crippen LogP contribution in [0.1, 0.15) is 22.5 Å². The van der Waals surface area contributed by atoms with Crippen molar-refractivity contribution in [1.82, 2.24) is 9.78 Å². The van der Waals surface area contributed by atoms with Crippen LogP contribution in [0.25, 0.3) is 0 Å². The number of nitrogens with two attached hydrogens (primary N) is 1. The lowest BCUT2D eigenvalue weighted by atomic mass is 10.1. The van der Waals surface area contributed by atoms with Crippen molar-refractivity contribution in [3.05, 3.63) is 55.9 Å². The quantitative estimate of drug-likeness (QED) is 0.679. The number of hydrogen-bond donors (Lipinski definition) is 1. The summed E-state index contributed by atoms with van der Waals surface area (Å²) in [4.78, 5) is 10.3. The minimum atomic E-state index is -0.460. The SMILES string of the molecule is Cc1nn(Cc2ccc([N+](=O)[O-])cc2Cl)c(C)c1CCN. The molecule has 7 heteroatoms. The molecule has 2 aromatic rings. The van der Waals surface area contributed by atoms with Crippen LogP contribution in [0.3, 0.4) is 0 Å². The molecule has 0 aliphatic rings. The van der Waals surface area contributed by atoms with E-state index in [1.54, 1.807) is 6.07 Å². The Morgan fingerprint density at radius 1 is 1.43 bits per heavy atom. The fourth-order valence-corrected chi connectivity index (χ4v) is 2.57. The summed E-state index contributed by atoms with van der Waals surface area (Å²) in [5, 5.41) is 15.6. The van der Waals surface area contributed by atoms with Gasteiger partial charge in [-0.1, -0.05) is 11.6 Å². The van der Waals surface area contributed by atoms with Crippen molar-refractivity contribution in [1.29, 1.82) is 0 Å². The Balaban J connectivity index is 2.30. The van der Waals surface area contributed by atoms with E-state index in [0.717, 1.165) is 28.9 Å². The molecule has 0 unspecified atom stereocenters. The van der Waals surface area contributed by atoms with Gasteiger partial charge in [-0.05, 0) is 44.0 Å². The Morgan fingerprint density at radius 2 is 2.14 bits per heavy atom. The van der Waals surface area contributed by atoms with Gasteiger partial charge in [0.15, 0.2) is 0 Å². The third-order valence-electron chi connectivity index (χ3n) is 3.49. The molecule has 112 valence electrons. The van der Waals surface area contributed by atoms with E-state index in [1.807, 2.05) is 18.5 Å². The van der Waals surface area contributed by atoms with Gasteiger partial charge in [-0.3, -0.25) is 14.8 Å². The van der Waals surface area contributed by atoms with E-state index in [9.17, 15) is 10.1 Å². The van der Waals surface area contributed by atoms with Crippen molar-refractivity contribution >= 4 is 17.3 Å². The summed E-state index contributed by atoms with van der Waals surface area (Å²) in [5.74, 6) is 0. The molecule has 6 nitrogen and oxygen atoms in total. The van der Waals surface area contributed by atoms with Gasteiger partial charge in [0, 0.05) is 17.8 Å². The number of nitro groups is 1. The van der Waals surface area contributed by atoms with Crippen molar-refractivity contribution in [3.8, 4) is 0 Å². The highest BCUT2D eigenvalue weighted by Crippen LogP contribution is 2.24. The third-order valence-corrected chi connectivity index (χ3v) is 3.85. The van der Waals surface area contributed by atoms with Crippen molar-refractivity contribution in [2.75, 3.05) is 6.54 Å². The van der Waals surface area contributed by atoms with Gasteiger partial charge < -0.3 is 5.73 Å². The first-order valence-corrected chi connectivity index (χ1v) is 6.97. The maximum absolute atomic E-state index is 10.7. The first-order chi connectivity index (χ1) is 9.93. The lowest BCUT2D eigenvalue weighted by molar-refractivity contribution is -0.384. The van der Waals surface area contributed by atoms with Gasteiger partial charge in [-0.2, -0.15) is 5.10 Å². The van der Waals surface area contributed by atoms with Gasteiger partial charge in [0.1, 0.15) is 0 Å². The number of aromatic nitrogens is 2. The molecule has 1 aromatic carbocycles. The van der Waals surface area contributed by atoms with Gasteiger partial charge in [0.05, 0.1) is 22.2 Å². The molecule has 1 aromatic heterocycles. The van der Waals surface area contributed by atoms with E-state index < -0.39 is 4.92 Å². The molecule has 0 fully saturated rings. The Kier molecular flexibility index (Phi) is 4.59. The molecule has 2 rings (SSSR count). The molecule has 0 radical (unpaired) electrons. The first kappa shape index (κ1) is 15.5. The number of hydrogen-bond acceptors (Lipinski definition) is 4. The van der Waals surface area contributed by atoms with E-state index in [-0.39, 0.29) is 5.69 Å². The van der Waals surface area contributed by atoms with Crippen LogP contribution in [0, 0.1) is 24.0 Å². The zero-order valence-electron chi connectivity index (χ0n) is 12.0. The van der Waals surface area contributed by atoms with Crippen molar-refractivity contribution in [2.24, 2.45) is 5.73 Å². The molecule has 0 atom stereocenters. The van der Waals surface area contributed by atoms with Crippen LogP contribution in [-0.2, 0) is 13.0 Å². The second kappa shape index (κ2) is 6.24. The average molecular weight is 309 g/mol. The molecule has 0 saturated carbocycles. The topological polar surface area (TPSA) is 87.0 Å². The summed E-state index contributed by atoms with van der Waals surface area (Å²) in [7, 11) is 0. The molecular formula is C14H17ClN4O2. The van der Waals surface area contributed by atoms with Crippen LogP contribution in [0.5, 0.6) is 0 Å². The number of nitro benzene ring substituents is 1. The van der Waals surface area contributed by atoms with E-state index in [0.29, 0.717) is 18.1 Å². The van der Waals surface area contributed by atoms with Crippen LogP contribution in [0.15, 0.2) is 18.2 Å². The Labute approximate surface area is 127 Å². The number of nitrogens with zero attached hydrogens (tertiary/aromatic N) is 3. The zero-order chi connectivity index (χ0) is 15.6. The minimum absolute atomic E-state index is 0.0130. The molecule has 0 aliphatic carbocycles. The highest BCUT2D eigenvalue weighted by molar-refractivity contribution is 6.31. The smallest absolute Gasteiger partial charge is 0.270 e. The average Bonchev–Trinajstić information content (AvgIpc) is 2.69. The number of benzene rings is 1. The number of halogens is 1. The van der Waals surface area contributed by atoms with Crippen LogP contribution >= 0.6 is 11.6 Å². The van der Waals surface area contributed by atoms with Gasteiger partial charge >= 0.3 is 0 Å². The number of aryl methyl sites for hydroxylation is 1. The summed E-state index contributed by atoms with van der Waals surface area (Å²) in [6.07, 6.45) is 0.783. The normalized spacial score (nSPS) is 10.9. The zero-order valence-corrected chi connectivity index (χ0v) is 12.7. The van der Waals surface area contributed by atoms with E-state index >= 15 is 0 Å². The number of rotatable bonds is 5. The molecule has 1 heterocycles. The highest BCUT2D eigenvalue weighted by Gasteiger charge is 2.14. The van der Waals surface area contributed by atoms with E-state index in [1.165, 1.54) is 12.1 Å². The molecule has 2 N–H and O–H groups in total. The molecule has 0 saturated heterocycles. The Hall–Kier alpha value is -1.92. The van der Waals surface area contributed by atoms with Crippen LogP contribution < -0.4 is 5.73 Å². The van der Waals surface area contributed by atoms with Gasteiger partial charge in [-0.15, -0.1) is 0 Å². The van der Waals surface area contributed by atoms with Gasteiger partial charge in [0.25, 0.3) is 5.69 Å². The summed E-state index contributed by atoms with van der Waals surface area (Å²) >= 11 is 6.12. The molecule has 0 spiro atoms. The standard InChI is InChI=1S/C14H17ClN4O2/c1-9-13(5-6-16)10(2)18(17-9)8-11-3-4-12(19(20)21)7-14(11)15/h3-4,7H,5-6,8,16H2,1-2H3. The van der Waals surface area contributed by atoms with Crippen LogP contribution in [-0.4, -0.2) is 21.2 Å². The molecule has 21 heavy (non-hydrogen) atoms. The summed E-state index contributed by atoms with van der Waals surface area (Å²) in [5.41, 5.74) is 9.54.